The van der Waals surface area contributed by atoms with Gasteiger partial charge in [-0.05, 0) is 19.1 Å². The van der Waals surface area contributed by atoms with Gasteiger partial charge in [-0.25, -0.2) is 0 Å². The highest BCUT2D eigenvalue weighted by Crippen LogP contribution is 2.17. The molecular formula is C8H10N2O2. The maximum Gasteiger partial charge on any atom is 0.173 e. The first-order valence-electron chi connectivity index (χ1n) is 3.42. The second-order valence-electron chi connectivity index (χ2n) is 2.51. The van der Waals surface area contributed by atoms with Crippen LogP contribution in [0.2, 0.25) is 0 Å². The third kappa shape index (κ3) is 1.47. The van der Waals surface area contributed by atoms with E-state index < -0.39 is 0 Å². The SMILES string of the molecule is Cc1ccc(O)c(/C(N)=N/O)c1. The van der Waals surface area contributed by atoms with Gasteiger partial charge in [0.05, 0.1) is 5.56 Å². The van der Waals surface area contributed by atoms with Crippen molar-refractivity contribution >= 4 is 5.84 Å². The molecule has 1 rings (SSSR count). The van der Waals surface area contributed by atoms with E-state index in [4.69, 9.17) is 10.9 Å². The van der Waals surface area contributed by atoms with Crippen LogP contribution in [0.3, 0.4) is 0 Å². The predicted molar refractivity (Wildman–Crippen MR) is 45.4 cm³/mol. The van der Waals surface area contributed by atoms with Crippen LogP contribution in [0.15, 0.2) is 23.4 Å². The number of aryl methyl sites for hydroxylation is 1. The first-order valence-corrected chi connectivity index (χ1v) is 3.42. The Labute approximate surface area is 69.9 Å². The zero-order chi connectivity index (χ0) is 9.14. The summed E-state index contributed by atoms with van der Waals surface area (Å²) in [6.07, 6.45) is 0. The molecule has 0 spiro atoms. The summed E-state index contributed by atoms with van der Waals surface area (Å²) in [6, 6.07) is 4.89. The molecule has 0 saturated heterocycles. The molecule has 1 aromatic rings. The van der Waals surface area contributed by atoms with Crippen molar-refractivity contribution in [2.75, 3.05) is 0 Å². The summed E-state index contributed by atoms with van der Waals surface area (Å²) in [6.45, 7) is 1.85. The predicted octanol–water partition coefficient (Wildman–Crippen LogP) is 0.795. The second kappa shape index (κ2) is 3.13. The molecule has 64 valence electrons. The molecule has 0 heterocycles. The van der Waals surface area contributed by atoms with Crippen LogP contribution in [0.1, 0.15) is 11.1 Å². The zero-order valence-corrected chi connectivity index (χ0v) is 6.65. The molecule has 0 bridgehead atoms. The van der Waals surface area contributed by atoms with Gasteiger partial charge in [0, 0.05) is 0 Å². The number of benzene rings is 1. The van der Waals surface area contributed by atoms with Gasteiger partial charge >= 0.3 is 0 Å². The fourth-order valence-corrected chi connectivity index (χ4v) is 0.909. The Hall–Kier alpha value is -1.71. The van der Waals surface area contributed by atoms with E-state index in [0.717, 1.165) is 5.56 Å². The van der Waals surface area contributed by atoms with Crippen molar-refractivity contribution < 1.29 is 10.3 Å². The lowest BCUT2D eigenvalue weighted by atomic mass is 10.1. The summed E-state index contributed by atoms with van der Waals surface area (Å²) in [5.41, 5.74) is 6.59. The lowest BCUT2D eigenvalue weighted by Crippen LogP contribution is -2.13. The normalized spacial score (nSPS) is 11.6. The number of amidine groups is 1. The van der Waals surface area contributed by atoms with Crippen LogP contribution >= 0.6 is 0 Å². The van der Waals surface area contributed by atoms with Gasteiger partial charge in [-0.3, -0.25) is 0 Å². The Bertz CT molecular complexity index is 321. The third-order valence-electron chi connectivity index (χ3n) is 1.54. The number of hydrogen-bond acceptors (Lipinski definition) is 3. The quantitative estimate of drug-likeness (QED) is 0.250. The Morgan fingerprint density at radius 3 is 2.75 bits per heavy atom. The van der Waals surface area contributed by atoms with E-state index in [1.807, 2.05) is 6.92 Å². The number of aromatic hydroxyl groups is 1. The van der Waals surface area contributed by atoms with E-state index in [9.17, 15) is 5.11 Å². The largest absolute Gasteiger partial charge is 0.507 e. The van der Waals surface area contributed by atoms with Gasteiger partial charge in [0.2, 0.25) is 0 Å². The highest BCUT2D eigenvalue weighted by Gasteiger charge is 2.04. The number of hydrogen-bond donors (Lipinski definition) is 3. The molecule has 0 aromatic heterocycles. The zero-order valence-electron chi connectivity index (χ0n) is 6.65. The summed E-state index contributed by atoms with van der Waals surface area (Å²) >= 11 is 0. The van der Waals surface area contributed by atoms with E-state index in [2.05, 4.69) is 5.16 Å². The van der Waals surface area contributed by atoms with Crippen LogP contribution < -0.4 is 5.73 Å². The lowest BCUT2D eigenvalue weighted by Gasteiger charge is -2.02. The first-order chi connectivity index (χ1) is 5.65. The minimum Gasteiger partial charge on any atom is -0.507 e. The van der Waals surface area contributed by atoms with E-state index in [-0.39, 0.29) is 11.6 Å². The highest BCUT2D eigenvalue weighted by atomic mass is 16.4. The molecule has 0 saturated carbocycles. The van der Waals surface area contributed by atoms with Crippen molar-refractivity contribution in [2.45, 2.75) is 6.92 Å². The van der Waals surface area contributed by atoms with Crippen LogP contribution in [0.25, 0.3) is 0 Å². The van der Waals surface area contributed by atoms with Crippen LogP contribution in [-0.2, 0) is 0 Å². The van der Waals surface area contributed by atoms with Crippen LogP contribution in [0, 0.1) is 6.92 Å². The standard InChI is InChI=1S/C8H10N2O2/c1-5-2-3-7(11)6(4-5)8(9)10-12/h2-4,11-12H,1H3,(H2,9,10). The van der Waals surface area contributed by atoms with Gasteiger partial charge in [0.1, 0.15) is 5.75 Å². The Morgan fingerprint density at radius 1 is 1.50 bits per heavy atom. The molecule has 0 amide bonds. The Morgan fingerprint density at radius 2 is 2.17 bits per heavy atom. The lowest BCUT2D eigenvalue weighted by molar-refractivity contribution is 0.318. The van der Waals surface area contributed by atoms with Crippen molar-refractivity contribution in [2.24, 2.45) is 10.9 Å². The fourth-order valence-electron chi connectivity index (χ4n) is 0.909. The maximum atomic E-state index is 9.26. The van der Waals surface area contributed by atoms with Crippen LogP contribution in [0.4, 0.5) is 0 Å². The smallest absolute Gasteiger partial charge is 0.173 e. The van der Waals surface area contributed by atoms with Gasteiger partial charge in [-0.2, -0.15) is 0 Å². The molecule has 4 heteroatoms. The summed E-state index contributed by atoms with van der Waals surface area (Å²) < 4.78 is 0. The van der Waals surface area contributed by atoms with Gasteiger partial charge in [-0.15, -0.1) is 0 Å². The van der Waals surface area contributed by atoms with Crippen molar-refractivity contribution in [1.29, 1.82) is 0 Å². The minimum atomic E-state index is -0.0869. The molecule has 4 N–H and O–H groups in total. The van der Waals surface area contributed by atoms with Crippen molar-refractivity contribution in [3.63, 3.8) is 0 Å². The van der Waals surface area contributed by atoms with E-state index in [1.165, 1.54) is 6.07 Å². The summed E-state index contributed by atoms with van der Waals surface area (Å²) in [4.78, 5) is 0. The number of rotatable bonds is 1. The van der Waals surface area contributed by atoms with E-state index in [0.29, 0.717) is 5.56 Å². The van der Waals surface area contributed by atoms with Crippen LogP contribution in [0.5, 0.6) is 5.75 Å². The maximum absolute atomic E-state index is 9.26. The van der Waals surface area contributed by atoms with Gasteiger partial charge in [0.15, 0.2) is 5.84 Å². The highest BCUT2D eigenvalue weighted by molar-refractivity contribution is 5.99. The number of nitrogens with zero attached hydrogens (tertiary/aromatic N) is 1. The molecule has 4 nitrogen and oxygen atoms in total. The first kappa shape index (κ1) is 8.39. The van der Waals surface area contributed by atoms with Gasteiger partial charge in [0.25, 0.3) is 0 Å². The summed E-state index contributed by atoms with van der Waals surface area (Å²) in [5.74, 6) is -0.0768. The molecule has 0 aliphatic heterocycles. The van der Waals surface area contributed by atoms with Crippen LogP contribution in [-0.4, -0.2) is 16.1 Å². The van der Waals surface area contributed by atoms with Gasteiger partial charge < -0.3 is 16.0 Å². The molecule has 1 aromatic carbocycles. The van der Waals surface area contributed by atoms with Gasteiger partial charge in [-0.1, -0.05) is 16.8 Å². The summed E-state index contributed by atoms with van der Waals surface area (Å²) in [7, 11) is 0. The average Bonchev–Trinajstić information content (AvgIpc) is 2.08. The Balaban J connectivity index is 3.23. The second-order valence-corrected chi connectivity index (χ2v) is 2.51. The van der Waals surface area contributed by atoms with Crippen molar-refractivity contribution in [3.05, 3.63) is 29.3 Å². The molecule has 0 unspecified atom stereocenters. The molecular weight excluding hydrogens is 156 g/mol. The Kier molecular flexibility index (Phi) is 2.19. The molecule has 0 radical (unpaired) electrons. The molecule has 0 atom stereocenters. The third-order valence-corrected chi connectivity index (χ3v) is 1.54. The average molecular weight is 166 g/mol. The molecule has 12 heavy (non-hydrogen) atoms. The number of oxime groups is 1. The summed E-state index contributed by atoms with van der Waals surface area (Å²) in [5, 5.41) is 20.4. The molecule has 0 aliphatic rings. The fraction of sp³-hybridized carbons (Fsp3) is 0.125. The van der Waals surface area contributed by atoms with E-state index >= 15 is 0 Å². The molecule has 0 fully saturated rings. The molecule has 0 aliphatic carbocycles. The topological polar surface area (TPSA) is 78.8 Å². The number of phenolic OH excluding ortho intramolecular Hbond substituents is 1. The van der Waals surface area contributed by atoms with Crippen molar-refractivity contribution in [3.8, 4) is 5.75 Å². The number of nitrogens with two attached hydrogens (primary N) is 1. The van der Waals surface area contributed by atoms with E-state index in [1.54, 1.807) is 12.1 Å². The minimum absolute atomic E-state index is 0.0101. The monoisotopic (exact) mass is 166 g/mol. The number of phenols is 1. The van der Waals surface area contributed by atoms with Crippen molar-refractivity contribution in [1.82, 2.24) is 0 Å².